The van der Waals surface area contributed by atoms with E-state index in [4.69, 9.17) is 11.6 Å². The number of benzene rings is 2. The van der Waals surface area contributed by atoms with Crippen molar-refractivity contribution in [1.82, 2.24) is 24.1 Å². The lowest BCUT2D eigenvalue weighted by molar-refractivity contribution is 0.629. The van der Waals surface area contributed by atoms with E-state index in [-0.39, 0.29) is 23.9 Å². The fraction of sp³-hybridized carbons (Fsp3) is 0.120. The Morgan fingerprint density at radius 1 is 1.16 bits per heavy atom. The van der Waals surface area contributed by atoms with Gasteiger partial charge in [-0.05, 0) is 48.4 Å². The number of hydrogen-bond donors (Lipinski definition) is 2. The van der Waals surface area contributed by atoms with Crippen LogP contribution in [0.2, 0.25) is 5.02 Å². The van der Waals surface area contributed by atoms with Crippen LogP contribution >= 0.6 is 22.9 Å². The van der Waals surface area contributed by atoms with Crippen molar-refractivity contribution in [2.75, 3.05) is 17.7 Å². The molecule has 3 heterocycles. The second-order valence-corrected chi connectivity index (χ2v) is 9.69. The summed E-state index contributed by atoms with van der Waals surface area (Å²) in [5.41, 5.74) is 0.533. The molecule has 0 atom stereocenters. The van der Waals surface area contributed by atoms with Gasteiger partial charge in [-0.1, -0.05) is 22.9 Å². The SMILES string of the molecule is CNc1nc2cc(F)c(Nc3nc(=O)n(-c4cncc(C)c4)c(=O)n3Cc3cc(C#N)ccc3Cl)cc2s1. The third-order valence-corrected chi connectivity index (χ3v) is 7.03. The van der Waals surface area contributed by atoms with Gasteiger partial charge in [0, 0.05) is 24.3 Å². The van der Waals surface area contributed by atoms with Gasteiger partial charge in [0.2, 0.25) is 5.95 Å². The van der Waals surface area contributed by atoms with E-state index in [9.17, 15) is 14.9 Å². The van der Waals surface area contributed by atoms with Crippen molar-refractivity contribution < 1.29 is 4.39 Å². The standard InChI is InChI=1S/C25H18ClFN8O2S/c1-13-5-16(11-30-10-13)35-24(36)33-22(31-19-8-21-20(7-18(19)27)32-23(29-2)38-21)34(25(35)37)12-15-6-14(9-28)3-4-17(15)26/h3-8,10-11H,12H2,1-2H3,(H,29,32)(H,31,33,36). The summed E-state index contributed by atoms with van der Waals surface area (Å²) in [6.45, 7) is 1.62. The van der Waals surface area contributed by atoms with E-state index >= 15 is 4.39 Å². The summed E-state index contributed by atoms with van der Waals surface area (Å²) >= 11 is 7.68. The molecule has 0 aliphatic heterocycles. The molecule has 38 heavy (non-hydrogen) atoms. The first-order valence-electron chi connectivity index (χ1n) is 11.2. The molecular formula is C25H18ClFN8O2S. The molecule has 0 radical (unpaired) electrons. The first-order valence-corrected chi connectivity index (χ1v) is 12.4. The Morgan fingerprint density at radius 3 is 2.71 bits per heavy atom. The van der Waals surface area contributed by atoms with Gasteiger partial charge in [-0.25, -0.2) is 23.5 Å². The van der Waals surface area contributed by atoms with Gasteiger partial charge in [0.1, 0.15) is 5.82 Å². The summed E-state index contributed by atoms with van der Waals surface area (Å²) in [6.07, 6.45) is 2.95. The zero-order valence-electron chi connectivity index (χ0n) is 20.0. The van der Waals surface area contributed by atoms with Gasteiger partial charge < -0.3 is 10.6 Å². The van der Waals surface area contributed by atoms with Gasteiger partial charge in [-0.15, -0.1) is 0 Å². The maximum Gasteiger partial charge on any atom is 0.359 e. The van der Waals surface area contributed by atoms with Crippen molar-refractivity contribution in [3.8, 4) is 11.8 Å². The van der Waals surface area contributed by atoms with Crippen LogP contribution in [0.15, 0.2) is 58.4 Å². The Balaban J connectivity index is 1.69. The van der Waals surface area contributed by atoms with E-state index in [0.717, 1.165) is 14.7 Å². The Labute approximate surface area is 223 Å². The highest BCUT2D eigenvalue weighted by Crippen LogP contribution is 2.31. The highest BCUT2D eigenvalue weighted by atomic mass is 35.5. The van der Waals surface area contributed by atoms with Crippen LogP contribution in [-0.4, -0.2) is 31.1 Å². The van der Waals surface area contributed by atoms with Crippen molar-refractivity contribution >= 4 is 49.9 Å². The molecule has 0 saturated carbocycles. The van der Waals surface area contributed by atoms with Crippen LogP contribution in [0.3, 0.4) is 0 Å². The van der Waals surface area contributed by atoms with Crippen LogP contribution in [0.4, 0.5) is 21.2 Å². The molecule has 5 aromatic rings. The maximum absolute atomic E-state index is 15.0. The highest BCUT2D eigenvalue weighted by molar-refractivity contribution is 7.22. The van der Waals surface area contributed by atoms with E-state index < -0.39 is 17.2 Å². The van der Waals surface area contributed by atoms with E-state index in [0.29, 0.717) is 31.5 Å². The minimum Gasteiger partial charge on any atom is -0.365 e. The number of nitriles is 1. The van der Waals surface area contributed by atoms with Crippen molar-refractivity contribution in [3.05, 3.63) is 97.3 Å². The predicted molar refractivity (Wildman–Crippen MR) is 144 cm³/mol. The monoisotopic (exact) mass is 548 g/mol. The third kappa shape index (κ3) is 4.72. The molecule has 3 aromatic heterocycles. The third-order valence-electron chi connectivity index (χ3n) is 5.63. The smallest absolute Gasteiger partial charge is 0.359 e. The van der Waals surface area contributed by atoms with Crippen LogP contribution in [-0.2, 0) is 6.54 Å². The molecule has 0 spiro atoms. The normalized spacial score (nSPS) is 10.9. The Morgan fingerprint density at radius 2 is 1.97 bits per heavy atom. The first-order chi connectivity index (χ1) is 18.3. The molecule has 2 N–H and O–H groups in total. The fourth-order valence-corrected chi connectivity index (χ4v) is 4.84. The van der Waals surface area contributed by atoms with Crippen molar-refractivity contribution in [1.29, 1.82) is 5.26 Å². The van der Waals surface area contributed by atoms with Gasteiger partial charge in [0.15, 0.2) is 5.13 Å². The fourth-order valence-electron chi connectivity index (χ4n) is 3.82. The molecule has 5 rings (SSSR count). The number of nitrogens with zero attached hydrogens (tertiary/aromatic N) is 6. The van der Waals surface area contributed by atoms with Gasteiger partial charge in [0.25, 0.3) is 0 Å². The molecule has 0 aliphatic rings. The lowest BCUT2D eigenvalue weighted by Gasteiger charge is -2.16. The molecule has 0 amide bonds. The van der Waals surface area contributed by atoms with Crippen LogP contribution in [0, 0.1) is 24.1 Å². The van der Waals surface area contributed by atoms with Gasteiger partial charge in [-0.2, -0.15) is 10.2 Å². The summed E-state index contributed by atoms with van der Waals surface area (Å²) in [6, 6.07) is 11.1. The van der Waals surface area contributed by atoms with Crippen molar-refractivity contribution in [2.24, 2.45) is 0 Å². The highest BCUT2D eigenvalue weighted by Gasteiger charge is 2.19. The molecule has 13 heteroatoms. The second kappa shape index (κ2) is 10.0. The lowest BCUT2D eigenvalue weighted by Crippen LogP contribution is -2.42. The quantitative estimate of drug-likeness (QED) is 0.323. The molecule has 10 nitrogen and oxygen atoms in total. The van der Waals surface area contributed by atoms with E-state index in [2.05, 4.69) is 25.6 Å². The van der Waals surface area contributed by atoms with Crippen LogP contribution in [0.25, 0.3) is 15.9 Å². The summed E-state index contributed by atoms with van der Waals surface area (Å²) in [4.78, 5) is 39.2. The average Bonchev–Trinajstić information content (AvgIpc) is 3.29. The van der Waals surface area contributed by atoms with Gasteiger partial charge in [0.05, 0.1) is 46.0 Å². The van der Waals surface area contributed by atoms with Gasteiger partial charge in [-0.3, -0.25) is 9.55 Å². The molecule has 0 saturated heterocycles. The zero-order chi connectivity index (χ0) is 27.0. The molecule has 0 aliphatic carbocycles. The van der Waals surface area contributed by atoms with E-state index in [1.54, 1.807) is 32.3 Å². The van der Waals surface area contributed by atoms with Crippen molar-refractivity contribution in [2.45, 2.75) is 13.5 Å². The minimum absolute atomic E-state index is 0.00398. The second-order valence-electron chi connectivity index (χ2n) is 8.25. The Hall–Kier alpha value is -4.60. The lowest BCUT2D eigenvalue weighted by atomic mass is 10.1. The van der Waals surface area contributed by atoms with Crippen LogP contribution < -0.4 is 22.0 Å². The average molecular weight is 549 g/mol. The number of hydrogen-bond acceptors (Lipinski definition) is 9. The van der Waals surface area contributed by atoms with Gasteiger partial charge >= 0.3 is 11.4 Å². The number of pyridine rings is 1. The predicted octanol–water partition coefficient (Wildman–Crippen LogP) is 4.21. The molecular weight excluding hydrogens is 531 g/mol. The zero-order valence-corrected chi connectivity index (χ0v) is 21.6. The van der Waals surface area contributed by atoms with Crippen LogP contribution in [0.1, 0.15) is 16.7 Å². The summed E-state index contributed by atoms with van der Waals surface area (Å²) in [7, 11) is 1.71. The van der Waals surface area contributed by atoms with Crippen molar-refractivity contribution in [3.63, 3.8) is 0 Å². The van der Waals surface area contributed by atoms with E-state index in [1.165, 1.54) is 41.8 Å². The van der Waals surface area contributed by atoms with E-state index in [1.807, 2.05) is 6.07 Å². The number of anilines is 3. The molecule has 2 aromatic carbocycles. The number of nitrogens with one attached hydrogen (secondary N) is 2. The number of thiazole rings is 1. The number of halogens is 2. The topological polar surface area (TPSA) is 131 Å². The summed E-state index contributed by atoms with van der Waals surface area (Å²) in [5.74, 6) is -0.852. The minimum atomic E-state index is -0.880. The number of aryl methyl sites for hydroxylation is 1. The first kappa shape index (κ1) is 25.1. The Bertz CT molecular complexity index is 1870. The number of fused-ring (bicyclic) bond motifs is 1. The largest absolute Gasteiger partial charge is 0.365 e. The molecule has 0 unspecified atom stereocenters. The summed E-state index contributed by atoms with van der Waals surface area (Å²) < 4.78 is 17.7. The molecule has 0 bridgehead atoms. The number of aromatic nitrogens is 5. The van der Waals surface area contributed by atoms with Crippen LogP contribution in [0.5, 0.6) is 0 Å². The molecule has 0 fully saturated rings. The number of rotatable bonds is 6. The Kier molecular flexibility index (Phi) is 6.62. The summed E-state index contributed by atoms with van der Waals surface area (Å²) in [5, 5.41) is 15.9. The maximum atomic E-state index is 15.0. The molecule has 190 valence electrons.